The van der Waals surface area contributed by atoms with Crippen molar-refractivity contribution in [2.45, 2.75) is 24.7 Å². The number of carboxylic acid groups (broad SMARTS) is 1. The number of amides is 1. The Morgan fingerprint density at radius 2 is 1.69 bits per heavy atom. The average molecular weight is 390 g/mol. The predicted molar refractivity (Wildman–Crippen MR) is 104 cm³/mol. The van der Waals surface area contributed by atoms with Crippen molar-refractivity contribution < 1.29 is 23.8 Å². The van der Waals surface area contributed by atoms with Crippen molar-refractivity contribution in [1.82, 2.24) is 4.98 Å². The van der Waals surface area contributed by atoms with E-state index in [4.69, 9.17) is 9.15 Å². The molecule has 5 rings (SSSR count). The molecule has 2 aromatic carbocycles. The molecule has 1 heterocycles. The number of oxazole rings is 1. The number of aromatic carboxylic acids is 1. The zero-order valence-electron chi connectivity index (χ0n) is 15.4. The van der Waals surface area contributed by atoms with Gasteiger partial charge in [0.25, 0.3) is 0 Å². The first-order valence-corrected chi connectivity index (χ1v) is 9.48. The van der Waals surface area contributed by atoms with Gasteiger partial charge in [0.15, 0.2) is 0 Å². The summed E-state index contributed by atoms with van der Waals surface area (Å²) in [5.41, 5.74) is 4.89. The van der Waals surface area contributed by atoms with Crippen molar-refractivity contribution in [2.75, 3.05) is 11.9 Å². The summed E-state index contributed by atoms with van der Waals surface area (Å²) >= 11 is 0. The lowest BCUT2D eigenvalue weighted by atomic mass is 9.98. The van der Waals surface area contributed by atoms with Crippen molar-refractivity contribution in [3.8, 4) is 11.1 Å². The van der Waals surface area contributed by atoms with Crippen molar-refractivity contribution in [1.29, 1.82) is 0 Å². The molecule has 1 saturated carbocycles. The largest absolute Gasteiger partial charge is 0.475 e. The molecule has 2 aliphatic rings. The Morgan fingerprint density at radius 3 is 2.28 bits per heavy atom. The average Bonchev–Trinajstić information content (AvgIpc) is 3.40. The summed E-state index contributed by atoms with van der Waals surface area (Å²) in [5.74, 6) is -1.39. The normalized spacial score (nSPS) is 14.9. The first-order valence-electron chi connectivity index (χ1n) is 9.48. The second-order valence-electron chi connectivity index (χ2n) is 7.26. The first kappa shape index (κ1) is 17.5. The molecular formula is C22H18N2O5. The van der Waals surface area contributed by atoms with Crippen LogP contribution in [-0.4, -0.2) is 28.8 Å². The number of fused-ring (bicyclic) bond motifs is 3. The summed E-state index contributed by atoms with van der Waals surface area (Å²) in [5, 5.41) is 11.7. The number of rotatable bonds is 5. The SMILES string of the molecule is O=C(Nc1nc(C2CC2)c(C(=O)O)o1)OCC1c2ccccc2-c2ccccc21. The fourth-order valence-electron chi connectivity index (χ4n) is 3.89. The molecule has 0 saturated heterocycles. The topological polar surface area (TPSA) is 102 Å². The summed E-state index contributed by atoms with van der Waals surface area (Å²) < 4.78 is 10.6. The van der Waals surface area contributed by atoms with Crippen LogP contribution < -0.4 is 5.32 Å². The molecule has 1 fully saturated rings. The Kier molecular flexibility index (Phi) is 4.08. The van der Waals surface area contributed by atoms with Crippen LogP contribution in [0.4, 0.5) is 10.8 Å². The highest BCUT2D eigenvalue weighted by atomic mass is 16.6. The molecular weight excluding hydrogens is 372 g/mol. The van der Waals surface area contributed by atoms with Crippen molar-refractivity contribution in [3.05, 3.63) is 71.1 Å². The minimum Gasteiger partial charge on any atom is -0.475 e. The van der Waals surface area contributed by atoms with E-state index in [1.165, 1.54) is 0 Å². The quantitative estimate of drug-likeness (QED) is 0.660. The molecule has 0 atom stereocenters. The van der Waals surface area contributed by atoms with E-state index in [1.807, 2.05) is 36.4 Å². The number of benzene rings is 2. The van der Waals surface area contributed by atoms with E-state index in [1.54, 1.807) is 0 Å². The van der Waals surface area contributed by atoms with Gasteiger partial charge in [0, 0.05) is 11.8 Å². The fourth-order valence-corrected chi connectivity index (χ4v) is 3.89. The lowest BCUT2D eigenvalue weighted by Gasteiger charge is -2.13. The zero-order chi connectivity index (χ0) is 20.0. The molecule has 146 valence electrons. The summed E-state index contributed by atoms with van der Waals surface area (Å²) in [6.07, 6.45) is 1.02. The summed E-state index contributed by atoms with van der Waals surface area (Å²) in [6, 6.07) is 16.0. The standard InChI is InChI=1S/C22H18N2O5/c25-20(26)19-18(12-9-10-12)23-21(29-19)24-22(27)28-11-17-15-7-3-1-5-13(15)14-6-2-4-8-16(14)17/h1-8,12,17H,9-11H2,(H,25,26)(H,23,24,27). The number of carboxylic acids is 1. The van der Waals surface area contributed by atoms with Gasteiger partial charge in [-0.05, 0) is 35.1 Å². The molecule has 2 N–H and O–H groups in total. The highest BCUT2D eigenvalue weighted by Crippen LogP contribution is 2.44. The van der Waals surface area contributed by atoms with Gasteiger partial charge in [-0.15, -0.1) is 0 Å². The van der Waals surface area contributed by atoms with Crippen molar-refractivity contribution in [2.24, 2.45) is 0 Å². The van der Waals surface area contributed by atoms with Gasteiger partial charge in [0.2, 0.25) is 5.76 Å². The Morgan fingerprint density at radius 1 is 1.07 bits per heavy atom. The second-order valence-corrected chi connectivity index (χ2v) is 7.26. The Hall–Kier alpha value is -3.61. The number of carbonyl (C=O) groups is 2. The van der Waals surface area contributed by atoms with Crippen LogP contribution in [0.25, 0.3) is 11.1 Å². The molecule has 3 aromatic rings. The van der Waals surface area contributed by atoms with E-state index >= 15 is 0 Å². The maximum atomic E-state index is 12.3. The van der Waals surface area contributed by atoms with Crippen LogP contribution in [-0.2, 0) is 4.74 Å². The van der Waals surface area contributed by atoms with E-state index in [2.05, 4.69) is 22.4 Å². The number of hydrogen-bond acceptors (Lipinski definition) is 5. The van der Waals surface area contributed by atoms with Gasteiger partial charge in [-0.3, -0.25) is 0 Å². The molecule has 0 bridgehead atoms. The lowest BCUT2D eigenvalue weighted by Crippen LogP contribution is -2.18. The maximum absolute atomic E-state index is 12.3. The first-order chi connectivity index (χ1) is 14.1. The number of aromatic nitrogens is 1. The van der Waals surface area contributed by atoms with Crippen LogP contribution >= 0.6 is 0 Å². The third-order valence-corrected chi connectivity index (χ3v) is 5.36. The molecule has 2 aliphatic carbocycles. The molecule has 1 amide bonds. The van der Waals surface area contributed by atoms with E-state index in [0.29, 0.717) is 5.69 Å². The minimum atomic E-state index is -1.19. The number of nitrogens with zero attached hydrogens (tertiary/aromatic N) is 1. The van der Waals surface area contributed by atoms with Gasteiger partial charge >= 0.3 is 18.1 Å². The predicted octanol–water partition coefficient (Wildman–Crippen LogP) is 4.61. The van der Waals surface area contributed by atoms with Gasteiger partial charge in [-0.25, -0.2) is 14.9 Å². The number of hydrogen-bond donors (Lipinski definition) is 2. The van der Waals surface area contributed by atoms with Crippen molar-refractivity contribution in [3.63, 3.8) is 0 Å². The van der Waals surface area contributed by atoms with E-state index in [9.17, 15) is 14.7 Å². The Labute approximate surface area is 166 Å². The Balaban J connectivity index is 1.30. The molecule has 29 heavy (non-hydrogen) atoms. The highest BCUT2D eigenvalue weighted by molar-refractivity contribution is 5.88. The van der Waals surface area contributed by atoms with E-state index < -0.39 is 12.1 Å². The van der Waals surface area contributed by atoms with E-state index in [-0.39, 0.29) is 30.2 Å². The number of anilines is 1. The molecule has 7 nitrogen and oxygen atoms in total. The van der Waals surface area contributed by atoms with Crippen molar-refractivity contribution >= 4 is 18.1 Å². The number of nitrogens with one attached hydrogen (secondary N) is 1. The lowest BCUT2D eigenvalue weighted by molar-refractivity contribution is 0.0661. The van der Waals surface area contributed by atoms with Crippen LogP contribution in [0.15, 0.2) is 52.9 Å². The third-order valence-electron chi connectivity index (χ3n) is 5.36. The summed E-state index contributed by atoms with van der Waals surface area (Å²) in [6.45, 7) is 0.155. The Bertz CT molecular complexity index is 1070. The van der Waals surface area contributed by atoms with Gasteiger partial charge < -0.3 is 14.3 Å². The molecule has 1 aromatic heterocycles. The second kappa shape index (κ2) is 6.77. The number of carbonyl (C=O) groups excluding carboxylic acids is 1. The third kappa shape index (κ3) is 3.14. The molecule has 0 unspecified atom stereocenters. The molecule has 0 radical (unpaired) electrons. The van der Waals surface area contributed by atoms with Crippen LogP contribution in [0.2, 0.25) is 0 Å². The van der Waals surface area contributed by atoms with Crippen LogP contribution in [0.1, 0.15) is 52.1 Å². The minimum absolute atomic E-state index is 0.0608. The summed E-state index contributed by atoms with van der Waals surface area (Å²) in [4.78, 5) is 27.7. The maximum Gasteiger partial charge on any atom is 0.415 e. The molecule has 0 aliphatic heterocycles. The van der Waals surface area contributed by atoms with Gasteiger partial charge in [0.05, 0.1) is 5.69 Å². The molecule has 0 spiro atoms. The van der Waals surface area contributed by atoms with Gasteiger partial charge in [-0.2, -0.15) is 4.98 Å². The molecule has 7 heteroatoms. The van der Waals surface area contributed by atoms with Gasteiger partial charge in [0.1, 0.15) is 6.61 Å². The van der Waals surface area contributed by atoms with Crippen LogP contribution in [0, 0.1) is 0 Å². The van der Waals surface area contributed by atoms with Crippen LogP contribution in [0.5, 0.6) is 0 Å². The monoisotopic (exact) mass is 390 g/mol. The number of ether oxygens (including phenoxy) is 1. The van der Waals surface area contributed by atoms with E-state index in [0.717, 1.165) is 35.1 Å². The van der Waals surface area contributed by atoms with Crippen LogP contribution in [0.3, 0.4) is 0 Å². The fraction of sp³-hybridized carbons (Fsp3) is 0.227. The summed E-state index contributed by atoms with van der Waals surface area (Å²) in [7, 11) is 0. The highest BCUT2D eigenvalue weighted by Gasteiger charge is 2.34. The van der Waals surface area contributed by atoms with Gasteiger partial charge in [-0.1, -0.05) is 48.5 Å². The smallest absolute Gasteiger partial charge is 0.415 e. The zero-order valence-corrected chi connectivity index (χ0v) is 15.4.